The first-order valence-electron chi connectivity index (χ1n) is 6.33. The van der Waals surface area contributed by atoms with Crippen LogP contribution >= 0.6 is 0 Å². The SMILES string of the molecule is Cc1ccc2c(c1)CC(CC1CC1)C(=O)C2. The smallest absolute Gasteiger partial charge is 0.140 e. The quantitative estimate of drug-likeness (QED) is 0.739. The maximum absolute atomic E-state index is 12.0. The van der Waals surface area contributed by atoms with Gasteiger partial charge in [0.15, 0.2) is 0 Å². The fraction of sp³-hybridized carbons (Fsp3) is 0.533. The lowest BCUT2D eigenvalue weighted by Crippen LogP contribution is -2.25. The van der Waals surface area contributed by atoms with Gasteiger partial charge in [-0.25, -0.2) is 0 Å². The zero-order chi connectivity index (χ0) is 11.1. The first-order chi connectivity index (χ1) is 7.72. The highest BCUT2D eigenvalue weighted by Gasteiger charge is 2.32. The second-order valence-electron chi connectivity index (χ2n) is 5.50. The van der Waals surface area contributed by atoms with E-state index in [0.29, 0.717) is 18.1 Å². The van der Waals surface area contributed by atoms with Crippen LogP contribution in [0.1, 0.15) is 36.0 Å². The van der Waals surface area contributed by atoms with Crippen molar-refractivity contribution < 1.29 is 4.79 Å². The summed E-state index contributed by atoms with van der Waals surface area (Å²) in [5, 5.41) is 0. The zero-order valence-corrected chi connectivity index (χ0v) is 9.83. The number of fused-ring (bicyclic) bond motifs is 1. The van der Waals surface area contributed by atoms with Gasteiger partial charge >= 0.3 is 0 Å². The summed E-state index contributed by atoms with van der Waals surface area (Å²) < 4.78 is 0. The minimum atomic E-state index is 0.321. The molecular weight excluding hydrogens is 196 g/mol. The van der Waals surface area contributed by atoms with Crippen LogP contribution in [-0.2, 0) is 17.6 Å². The van der Waals surface area contributed by atoms with Crippen LogP contribution in [0, 0.1) is 18.8 Å². The van der Waals surface area contributed by atoms with Gasteiger partial charge < -0.3 is 0 Å². The van der Waals surface area contributed by atoms with E-state index in [2.05, 4.69) is 25.1 Å². The molecule has 0 saturated heterocycles. The molecule has 0 bridgehead atoms. The molecule has 0 heterocycles. The molecule has 84 valence electrons. The summed E-state index contributed by atoms with van der Waals surface area (Å²) in [6.07, 6.45) is 5.51. The number of rotatable bonds is 2. The highest BCUT2D eigenvalue weighted by molar-refractivity contribution is 5.85. The van der Waals surface area contributed by atoms with Crippen molar-refractivity contribution in [1.29, 1.82) is 0 Å². The standard InChI is InChI=1S/C15H18O/c1-10-2-5-12-9-15(16)14(7-11-3-4-11)8-13(12)6-10/h2,5-6,11,14H,3-4,7-9H2,1H3. The zero-order valence-electron chi connectivity index (χ0n) is 9.83. The first-order valence-corrected chi connectivity index (χ1v) is 6.33. The van der Waals surface area contributed by atoms with Crippen molar-refractivity contribution in [1.82, 2.24) is 0 Å². The van der Waals surface area contributed by atoms with E-state index in [1.54, 1.807) is 0 Å². The molecule has 0 amide bonds. The third-order valence-corrected chi connectivity index (χ3v) is 3.96. The molecule has 1 atom stereocenters. The molecule has 1 heteroatoms. The summed E-state index contributed by atoms with van der Waals surface area (Å²) in [7, 11) is 0. The lowest BCUT2D eigenvalue weighted by atomic mass is 9.80. The van der Waals surface area contributed by atoms with E-state index in [-0.39, 0.29) is 0 Å². The van der Waals surface area contributed by atoms with Gasteiger partial charge in [0.05, 0.1) is 0 Å². The second kappa shape index (κ2) is 3.73. The van der Waals surface area contributed by atoms with Crippen LogP contribution in [0.5, 0.6) is 0 Å². The number of ketones is 1. The lowest BCUT2D eigenvalue weighted by Gasteiger charge is -2.23. The van der Waals surface area contributed by atoms with Crippen molar-refractivity contribution in [3.63, 3.8) is 0 Å². The van der Waals surface area contributed by atoms with E-state index < -0.39 is 0 Å². The van der Waals surface area contributed by atoms with Gasteiger partial charge in [-0.3, -0.25) is 4.79 Å². The summed E-state index contributed by atoms with van der Waals surface area (Å²) in [4.78, 5) is 12.0. The van der Waals surface area contributed by atoms with E-state index in [1.807, 2.05) is 0 Å². The maximum Gasteiger partial charge on any atom is 0.140 e. The average Bonchev–Trinajstić information content (AvgIpc) is 3.04. The summed E-state index contributed by atoms with van der Waals surface area (Å²) in [6.45, 7) is 2.13. The molecule has 2 aliphatic rings. The molecule has 1 saturated carbocycles. The summed E-state index contributed by atoms with van der Waals surface area (Å²) in [5.41, 5.74) is 4.01. The van der Waals surface area contributed by atoms with Crippen LogP contribution < -0.4 is 0 Å². The lowest BCUT2D eigenvalue weighted by molar-refractivity contribution is -0.123. The summed E-state index contributed by atoms with van der Waals surface area (Å²) in [6, 6.07) is 6.52. The Morgan fingerprint density at radius 2 is 2.06 bits per heavy atom. The van der Waals surface area contributed by atoms with Gasteiger partial charge in [0.1, 0.15) is 5.78 Å². The molecular formula is C15H18O. The Balaban J connectivity index is 1.83. The second-order valence-corrected chi connectivity index (χ2v) is 5.50. The highest BCUT2D eigenvalue weighted by atomic mass is 16.1. The minimum Gasteiger partial charge on any atom is -0.299 e. The number of hydrogen-bond acceptors (Lipinski definition) is 1. The molecule has 0 radical (unpaired) electrons. The molecule has 0 N–H and O–H groups in total. The monoisotopic (exact) mass is 214 g/mol. The summed E-state index contributed by atoms with van der Waals surface area (Å²) >= 11 is 0. The van der Waals surface area contributed by atoms with Crippen molar-refractivity contribution in [2.45, 2.75) is 39.0 Å². The van der Waals surface area contributed by atoms with Gasteiger partial charge in [0.25, 0.3) is 0 Å². The van der Waals surface area contributed by atoms with Crippen LogP contribution in [0.15, 0.2) is 18.2 Å². The van der Waals surface area contributed by atoms with Crippen LogP contribution in [-0.4, -0.2) is 5.78 Å². The number of carbonyl (C=O) groups is 1. The average molecular weight is 214 g/mol. The molecule has 1 unspecified atom stereocenters. The molecule has 1 aromatic carbocycles. The largest absolute Gasteiger partial charge is 0.299 e. The van der Waals surface area contributed by atoms with Crippen molar-refractivity contribution >= 4 is 5.78 Å². The van der Waals surface area contributed by atoms with Gasteiger partial charge in [-0.05, 0) is 36.8 Å². The molecule has 2 aliphatic carbocycles. The fourth-order valence-electron chi connectivity index (χ4n) is 2.80. The van der Waals surface area contributed by atoms with Crippen molar-refractivity contribution in [3.8, 4) is 0 Å². The van der Waals surface area contributed by atoms with Gasteiger partial charge in [-0.15, -0.1) is 0 Å². The third-order valence-electron chi connectivity index (χ3n) is 3.96. The van der Waals surface area contributed by atoms with Gasteiger partial charge in [-0.2, -0.15) is 0 Å². The Bertz CT molecular complexity index is 429. The molecule has 0 spiro atoms. The predicted octanol–water partition coefficient (Wildman–Crippen LogP) is 3.08. The Hall–Kier alpha value is -1.11. The van der Waals surface area contributed by atoms with Gasteiger partial charge in [-0.1, -0.05) is 36.6 Å². The third kappa shape index (κ3) is 1.91. The summed E-state index contributed by atoms with van der Waals surface area (Å²) in [5.74, 6) is 1.66. The minimum absolute atomic E-state index is 0.321. The number of carbonyl (C=O) groups excluding carboxylic acids is 1. The van der Waals surface area contributed by atoms with Gasteiger partial charge in [0.2, 0.25) is 0 Å². The van der Waals surface area contributed by atoms with E-state index in [4.69, 9.17) is 0 Å². The predicted molar refractivity (Wildman–Crippen MR) is 64.4 cm³/mol. The molecule has 16 heavy (non-hydrogen) atoms. The highest BCUT2D eigenvalue weighted by Crippen LogP contribution is 2.38. The van der Waals surface area contributed by atoms with Crippen LogP contribution in [0.4, 0.5) is 0 Å². The topological polar surface area (TPSA) is 17.1 Å². The number of hydrogen-bond donors (Lipinski definition) is 0. The maximum atomic E-state index is 12.0. The molecule has 1 nitrogen and oxygen atoms in total. The Morgan fingerprint density at radius 3 is 2.81 bits per heavy atom. The van der Waals surface area contributed by atoms with Crippen molar-refractivity contribution in [2.24, 2.45) is 11.8 Å². The van der Waals surface area contributed by atoms with E-state index in [1.165, 1.54) is 29.5 Å². The fourth-order valence-corrected chi connectivity index (χ4v) is 2.80. The van der Waals surface area contributed by atoms with Crippen molar-refractivity contribution in [3.05, 3.63) is 34.9 Å². The van der Waals surface area contributed by atoms with Crippen LogP contribution in [0.25, 0.3) is 0 Å². The molecule has 1 aromatic rings. The molecule has 0 aromatic heterocycles. The van der Waals surface area contributed by atoms with Crippen molar-refractivity contribution in [2.75, 3.05) is 0 Å². The van der Waals surface area contributed by atoms with Crippen LogP contribution in [0.2, 0.25) is 0 Å². The van der Waals surface area contributed by atoms with E-state index >= 15 is 0 Å². The Labute approximate surface area is 96.9 Å². The molecule has 0 aliphatic heterocycles. The molecule has 3 rings (SSSR count). The number of aryl methyl sites for hydroxylation is 1. The van der Waals surface area contributed by atoms with Gasteiger partial charge in [0, 0.05) is 12.3 Å². The number of Topliss-reactive ketones (excluding diaryl/α,β-unsaturated/α-hetero) is 1. The van der Waals surface area contributed by atoms with E-state index in [0.717, 1.165) is 18.8 Å². The van der Waals surface area contributed by atoms with Crippen LogP contribution in [0.3, 0.4) is 0 Å². The first kappa shape index (κ1) is 10.1. The Kier molecular flexibility index (Phi) is 2.34. The van der Waals surface area contributed by atoms with E-state index in [9.17, 15) is 4.79 Å². The Morgan fingerprint density at radius 1 is 1.25 bits per heavy atom. The number of benzene rings is 1. The molecule has 1 fully saturated rings. The normalized spacial score (nSPS) is 24.3.